The SMILES string of the molecule is CCOc1ccccc1NC(=O)CSc1nnc(-c2ccccc2F)n1C1CC1. The molecule has 2 aromatic carbocycles. The molecule has 0 spiro atoms. The number of nitrogens with one attached hydrogen (secondary N) is 1. The van der Waals surface area contributed by atoms with Gasteiger partial charge in [0.25, 0.3) is 0 Å². The van der Waals surface area contributed by atoms with Crippen LogP contribution in [0.1, 0.15) is 25.8 Å². The number of hydrogen-bond donors (Lipinski definition) is 1. The maximum absolute atomic E-state index is 14.2. The Labute approximate surface area is 172 Å². The number of benzene rings is 2. The van der Waals surface area contributed by atoms with E-state index in [0.29, 0.717) is 34.6 Å². The van der Waals surface area contributed by atoms with Gasteiger partial charge in [-0.05, 0) is 44.0 Å². The highest BCUT2D eigenvalue weighted by Gasteiger charge is 2.31. The number of carbonyl (C=O) groups is 1. The van der Waals surface area contributed by atoms with E-state index < -0.39 is 0 Å². The zero-order valence-corrected chi connectivity index (χ0v) is 16.8. The second-order valence-corrected chi connectivity index (χ2v) is 7.60. The molecule has 1 fully saturated rings. The van der Waals surface area contributed by atoms with Crippen LogP contribution in [-0.2, 0) is 4.79 Å². The fourth-order valence-corrected chi connectivity index (χ4v) is 3.84. The van der Waals surface area contributed by atoms with Crippen molar-refractivity contribution in [3.8, 4) is 17.1 Å². The minimum Gasteiger partial charge on any atom is -0.492 e. The van der Waals surface area contributed by atoms with Crippen LogP contribution < -0.4 is 10.1 Å². The Morgan fingerprint density at radius 3 is 2.72 bits per heavy atom. The molecule has 1 amide bonds. The Hall–Kier alpha value is -2.87. The van der Waals surface area contributed by atoms with E-state index in [1.54, 1.807) is 24.3 Å². The molecule has 1 aliphatic rings. The zero-order chi connectivity index (χ0) is 20.2. The van der Waals surface area contributed by atoms with E-state index >= 15 is 0 Å². The Balaban J connectivity index is 1.48. The molecule has 0 radical (unpaired) electrons. The summed E-state index contributed by atoms with van der Waals surface area (Å²) in [4.78, 5) is 12.5. The number of rotatable bonds is 8. The van der Waals surface area contributed by atoms with E-state index in [2.05, 4.69) is 15.5 Å². The average Bonchev–Trinajstić information content (AvgIpc) is 3.48. The van der Waals surface area contributed by atoms with Gasteiger partial charge in [-0.1, -0.05) is 36.0 Å². The smallest absolute Gasteiger partial charge is 0.234 e. The lowest BCUT2D eigenvalue weighted by molar-refractivity contribution is -0.113. The molecule has 150 valence electrons. The summed E-state index contributed by atoms with van der Waals surface area (Å²) in [6.45, 7) is 2.41. The lowest BCUT2D eigenvalue weighted by Crippen LogP contribution is -2.15. The number of thioether (sulfide) groups is 1. The zero-order valence-electron chi connectivity index (χ0n) is 16.0. The molecule has 0 atom stereocenters. The first kappa shape index (κ1) is 19.4. The first-order valence-electron chi connectivity index (χ1n) is 9.51. The van der Waals surface area contributed by atoms with Gasteiger partial charge in [-0.2, -0.15) is 0 Å². The Bertz CT molecular complexity index is 1020. The van der Waals surface area contributed by atoms with Gasteiger partial charge in [0.15, 0.2) is 11.0 Å². The number of ether oxygens (including phenoxy) is 1. The number of hydrogen-bond acceptors (Lipinski definition) is 5. The molecule has 4 rings (SSSR count). The third-order valence-corrected chi connectivity index (χ3v) is 5.43. The summed E-state index contributed by atoms with van der Waals surface area (Å²) in [7, 11) is 0. The largest absolute Gasteiger partial charge is 0.492 e. The van der Waals surface area contributed by atoms with E-state index in [1.807, 2.05) is 29.7 Å². The van der Waals surface area contributed by atoms with Gasteiger partial charge in [0.05, 0.1) is 23.6 Å². The van der Waals surface area contributed by atoms with Crippen LogP contribution in [0.5, 0.6) is 5.75 Å². The summed E-state index contributed by atoms with van der Waals surface area (Å²) in [5.41, 5.74) is 1.06. The molecule has 0 saturated heterocycles. The van der Waals surface area contributed by atoms with Crippen molar-refractivity contribution < 1.29 is 13.9 Å². The van der Waals surface area contributed by atoms with Crippen LogP contribution in [0.2, 0.25) is 0 Å². The van der Waals surface area contributed by atoms with Crippen molar-refractivity contribution in [1.82, 2.24) is 14.8 Å². The first-order valence-corrected chi connectivity index (χ1v) is 10.5. The first-order chi connectivity index (χ1) is 14.2. The molecule has 1 aliphatic carbocycles. The summed E-state index contributed by atoms with van der Waals surface area (Å²) in [6, 6.07) is 14.1. The van der Waals surface area contributed by atoms with Crippen LogP contribution in [0.4, 0.5) is 10.1 Å². The van der Waals surface area contributed by atoms with Gasteiger partial charge in [0.2, 0.25) is 5.91 Å². The molecule has 8 heteroatoms. The van der Waals surface area contributed by atoms with Gasteiger partial charge in [-0.25, -0.2) is 4.39 Å². The molecule has 6 nitrogen and oxygen atoms in total. The Morgan fingerprint density at radius 1 is 1.21 bits per heavy atom. The number of anilines is 1. The lowest BCUT2D eigenvalue weighted by atomic mass is 10.2. The summed E-state index contributed by atoms with van der Waals surface area (Å²) < 4.78 is 21.7. The van der Waals surface area contributed by atoms with Crippen LogP contribution in [0.15, 0.2) is 53.7 Å². The highest BCUT2D eigenvalue weighted by atomic mass is 32.2. The molecular formula is C21H21FN4O2S. The second kappa shape index (κ2) is 8.65. The maximum atomic E-state index is 14.2. The van der Waals surface area contributed by atoms with E-state index in [4.69, 9.17) is 4.74 Å². The quantitative estimate of drug-likeness (QED) is 0.550. The molecule has 1 saturated carbocycles. The van der Waals surface area contributed by atoms with E-state index in [9.17, 15) is 9.18 Å². The summed E-state index contributed by atoms with van der Waals surface area (Å²) >= 11 is 1.30. The Morgan fingerprint density at radius 2 is 1.97 bits per heavy atom. The van der Waals surface area contributed by atoms with Crippen molar-refractivity contribution in [1.29, 1.82) is 0 Å². The van der Waals surface area contributed by atoms with E-state index in [-0.39, 0.29) is 23.5 Å². The molecular weight excluding hydrogens is 391 g/mol. The number of carbonyl (C=O) groups excluding carboxylic acids is 1. The molecule has 0 bridgehead atoms. The topological polar surface area (TPSA) is 69.0 Å². The lowest BCUT2D eigenvalue weighted by Gasteiger charge is -2.11. The molecule has 1 N–H and O–H groups in total. The molecule has 1 aromatic heterocycles. The third kappa shape index (κ3) is 4.42. The van der Waals surface area contributed by atoms with Gasteiger partial charge in [0.1, 0.15) is 11.6 Å². The summed E-state index contributed by atoms with van der Waals surface area (Å²) in [5, 5.41) is 11.9. The molecule has 0 aliphatic heterocycles. The van der Waals surface area contributed by atoms with Crippen molar-refractivity contribution >= 4 is 23.4 Å². The predicted molar refractivity (Wildman–Crippen MR) is 111 cm³/mol. The predicted octanol–water partition coefficient (Wildman–Crippen LogP) is 4.55. The van der Waals surface area contributed by atoms with Gasteiger partial charge in [-0.15, -0.1) is 10.2 Å². The standard InChI is InChI=1S/C21H21FN4O2S/c1-2-28-18-10-6-5-9-17(18)23-19(27)13-29-21-25-24-20(26(21)14-11-12-14)15-7-3-4-8-16(15)22/h3-10,14H,2,11-13H2,1H3,(H,23,27). The van der Waals surface area contributed by atoms with Gasteiger partial charge >= 0.3 is 0 Å². The average molecular weight is 412 g/mol. The normalized spacial score (nSPS) is 13.3. The molecule has 29 heavy (non-hydrogen) atoms. The number of aromatic nitrogens is 3. The molecule has 3 aromatic rings. The highest BCUT2D eigenvalue weighted by molar-refractivity contribution is 7.99. The number of amides is 1. The van der Waals surface area contributed by atoms with Gasteiger partial charge < -0.3 is 10.1 Å². The van der Waals surface area contributed by atoms with Crippen LogP contribution in [0.3, 0.4) is 0 Å². The minimum absolute atomic E-state index is 0.167. The van der Waals surface area contributed by atoms with Gasteiger partial charge in [-0.3, -0.25) is 9.36 Å². The van der Waals surface area contributed by atoms with Crippen LogP contribution in [-0.4, -0.2) is 33.0 Å². The fourth-order valence-electron chi connectivity index (χ4n) is 3.03. The summed E-state index contributed by atoms with van der Waals surface area (Å²) in [5.74, 6) is 0.817. The maximum Gasteiger partial charge on any atom is 0.234 e. The van der Waals surface area contributed by atoms with Crippen molar-refractivity contribution in [3.63, 3.8) is 0 Å². The van der Waals surface area contributed by atoms with E-state index in [1.165, 1.54) is 17.8 Å². The Kier molecular flexibility index (Phi) is 5.80. The fraction of sp³-hybridized carbons (Fsp3) is 0.286. The van der Waals surface area contributed by atoms with E-state index in [0.717, 1.165) is 12.8 Å². The van der Waals surface area contributed by atoms with Crippen molar-refractivity contribution in [3.05, 3.63) is 54.3 Å². The summed E-state index contributed by atoms with van der Waals surface area (Å²) in [6.07, 6.45) is 2.00. The number of nitrogens with zero attached hydrogens (tertiary/aromatic N) is 3. The van der Waals surface area contributed by atoms with Crippen LogP contribution in [0, 0.1) is 5.82 Å². The minimum atomic E-state index is -0.330. The van der Waals surface area contributed by atoms with Crippen molar-refractivity contribution in [2.24, 2.45) is 0 Å². The van der Waals surface area contributed by atoms with Crippen LogP contribution >= 0.6 is 11.8 Å². The monoisotopic (exact) mass is 412 g/mol. The highest BCUT2D eigenvalue weighted by Crippen LogP contribution is 2.41. The second-order valence-electron chi connectivity index (χ2n) is 6.65. The molecule has 1 heterocycles. The number of para-hydroxylation sites is 2. The van der Waals surface area contributed by atoms with Crippen molar-refractivity contribution in [2.75, 3.05) is 17.7 Å². The third-order valence-electron chi connectivity index (χ3n) is 4.48. The molecule has 0 unspecified atom stereocenters. The van der Waals surface area contributed by atoms with Gasteiger partial charge in [0, 0.05) is 6.04 Å². The number of halogens is 1. The van der Waals surface area contributed by atoms with Crippen LogP contribution in [0.25, 0.3) is 11.4 Å². The van der Waals surface area contributed by atoms with Crippen molar-refractivity contribution in [2.45, 2.75) is 31.0 Å².